The minimum atomic E-state index is -5.81. The second-order valence-electron chi connectivity index (χ2n) is 6.58. The van der Waals surface area contributed by atoms with Crippen LogP contribution in [0.15, 0.2) is 29.2 Å². The lowest BCUT2D eigenvalue weighted by atomic mass is 9.92. The van der Waals surface area contributed by atoms with Gasteiger partial charge in [-0.25, -0.2) is 13.1 Å². The Morgan fingerprint density at radius 1 is 1.20 bits per heavy atom. The predicted molar refractivity (Wildman–Crippen MR) is 93.1 cm³/mol. The first-order valence-electron chi connectivity index (χ1n) is 8.53. The van der Waals surface area contributed by atoms with Crippen molar-refractivity contribution in [3.63, 3.8) is 0 Å². The van der Waals surface area contributed by atoms with Gasteiger partial charge in [-0.15, -0.1) is 0 Å². The average Bonchev–Trinajstić information content (AvgIpc) is 2.63. The Morgan fingerprint density at radius 3 is 2.37 bits per heavy atom. The fraction of sp³-hybridized carbons (Fsp3) is 0.562. The number of hydrogen-bond acceptors (Lipinski definition) is 5. The van der Waals surface area contributed by atoms with Gasteiger partial charge in [-0.05, 0) is 37.4 Å². The van der Waals surface area contributed by atoms with Gasteiger partial charge in [0.05, 0.1) is 5.02 Å². The highest BCUT2D eigenvalue weighted by Gasteiger charge is 2.60. The van der Waals surface area contributed by atoms with Gasteiger partial charge >= 0.3 is 18.3 Å². The van der Waals surface area contributed by atoms with Crippen LogP contribution < -0.4 is 10.0 Å². The maximum atomic E-state index is 12.6. The number of rotatable bonds is 6. The number of carbonyl (C=O) groups excluding carboxylic acids is 1. The van der Waals surface area contributed by atoms with Gasteiger partial charge in [-0.1, -0.05) is 23.7 Å². The van der Waals surface area contributed by atoms with Crippen LogP contribution in [0.1, 0.15) is 12.8 Å². The van der Waals surface area contributed by atoms with Crippen molar-refractivity contribution in [2.24, 2.45) is 5.92 Å². The number of sulfonamides is 1. The monoisotopic (exact) mass is 482 g/mol. The molecule has 1 aromatic carbocycles. The van der Waals surface area contributed by atoms with Crippen molar-refractivity contribution in [3.05, 3.63) is 29.3 Å². The number of benzene rings is 1. The van der Waals surface area contributed by atoms with Crippen molar-refractivity contribution >= 4 is 27.6 Å². The first kappa shape index (κ1) is 24.7. The van der Waals surface area contributed by atoms with Crippen molar-refractivity contribution in [2.45, 2.75) is 42.2 Å². The van der Waals surface area contributed by atoms with Crippen LogP contribution in [0.25, 0.3) is 0 Å². The minimum Gasteiger partial charge on any atom is -0.442 e. The Balaban J connectivity index is 2.00. The maximum Gasteiger partial charge on any atom is 0.434 e. The molecular formula is C16H17ClF6N2O4S. The summed E-state index contributed by atoms with van der Waals surface area (Å²) in [6.07, 6.45) is -15.7. The third kappa shape index (κ3) is 6.46. The Labute approximate surface area is 173 Å². The van der Waals surface area contributed by atoms with Gasteiger partial charge in [-0.2, -0.15) is 26.3 Å². The summed E-state index contributed by atoms with van der Waals surface area (Å²) in [5, 5.41) is 2.46. The van der Waals surface area contributed by atoms with Crippen molar-refractivity contribution in [3.8, 4) is 0 Å². The van der Waals surface area contributed by atoms with Gasteiger partial charge in [0.25, 0.3) is 6.10 Å². The maximum absolute atomic E-state index is 12.6. The first-order valence-corrected chi connectivity index (χ1v) is 10.4. The minimum absolute atomic E-state index is 0.0258. The molecule has 2 unspecified atom stereocenters. The van der Waals surface area contributed by atoms with E-state index in [0.717, 1.165) is 0 Å². The van der Waals surface area contributed by atoms with Crippen molar-refractivity contribution in [2.75, 3.05) is 13.1 Å². The molecule has 0 amide bonds. The molecule has 0 bridgehead atoms. The lowest BCUT2D eigenvalue weighted by Crippen LogP contribution is -2.51. The smallest absolute Gasteiger partial charge is 0.434 e. The number of alkyl halides is 6. The van der Waals surface area contributed by atoms with Crippen LogP contribution in [0.4, 0.5) is 26.3 Å². The summed E-state index contributed by atoms with van der Waals surface area (Å²) in [5.74, 6) is -2.25. The normalized spacial score (nSPS) is 20.9. The number of halogens is 7. The quantitative estimate of drug-likeness (QED) is 0.481. The molecule has 1 heterocycles. The summed E-state index contributed by atoms with van der Waals surface area (Å²) < 4.78 is 106. The molecule has 6 nitrogen and oxygen atoms in total. The van der Waals surface area contributed by atoms with E-state index in [9.17, 15) is 39.6 Å². The summed E-state index contributed by atoms with van der Waals surface area (Å²) in [4.78, 5) is 11.7. The summed E-state index contributed by atoms with van der Waals surface area (Å²) in [7, 11) is -4.00. The molecule has 1 aromatic rings. The van der Waals surface area contributed by atoms with E-state index in [-0.39, 0.29) is 29.4 Å². The van der Waals surface area contributed by atoms with E-state index in [4.69, 9.17) is 11.6 Å². The summed E-state index contributed by atoms with van der Waals surface area (Å²) >= 11 is 5.84. The zero-order valence-electron chi connectivity index (χ0n) is 15.1. The molecular weight excluding hydrogens is 466 g/mol. The SMILES string of the molecule is O=C(OC(C(F)(F)F)C(F)(F)F)C1CC(CNS(=O)(=O)c2ccccc2Cl)CCN1. The number of ether oxygens (including phenoxy) is 1. The third-order valence-electron chi connectivity index (χ3n) is 4.31. The lowest BCUT2D eigenvalue weighted by molar-refractivity contribution is -0.314. The predicted octanol–water partition coefficient (Wildman–Crippen LogP) is 3.02. The van der Waals surface area contributed by atoms with E-state index >= 15 is 0 Å². The van der Waals surface area contributed by atoms with Gasteiger partial charge in [0, 0.05) is 6.54 Å². The fourth-order valence-electron chi connectivity index (χ4n) is 2.85. The Kier molecular flexibility index (Phi) is 7.64. The van der Waals surface area contributed by atoms with E-state index in [1.165, 1.54) is 24.3 Å². The number of esters is 1. The van der Waals surface area contributed by atoms with Crippen LogP contribution in [0, 0.1) is 5.92 Å². The Bertz CT molecular complexity index is 848. The first-order chi connectivity index (χ1) is 13.7. The van der Waals surface area contributed by atoms with Crippen LogP contribution >= 0.6 is 11.6 Å². The van der Waals surface area contributed by atoms with Crippen LogP contribution in [0.2, 0.25) is 5.02 Å². The fourth-order valence-corrected chi connectivity index (χ4v) is 4.48. The standard InChI is InChI=1S/C16H17ClF6N2O4S/c17-10-3-1-2-4-12(10)30(27,28)25-8-9-5-6-24-11(7-9)13(26)29-14(15(18,19)20)16(21,22)23/h1-4,9,11,14,24-25H,5-8H2. The molecule has 0 radical (unpaired) electrons. The summed E-state index contributed by atoms with van der Waals surface area (Å²) in [6.45, 7) is -0.123. The lowest BCUT2D eigenvalue weighted by Gasteiger charge is -2.31. The van der Waals surface area contributed by atoms with E-state index in [0.29, 0.717) is 6.42 Å². The molecule has 14 heteroatoms. The van der Waals surface area contributed by atoms with Gasteiger partial charge in [-0.3, -0.25) is 4.79 Å². The van der Waals surface area contributed by atoms with Crippen LogP contribution in [-0.4, -0.2) is 52.0 Å². The molecule has 2 atom stereocenters. The molecule has 170 valence electrons. The Hall–Kier alpha value is -1.57. The highest BCUT2D eigenvalue weighted by Crippen LogP contribution is 2.36. The molecule has 1 aliphatic rings. The molecule has 1 aliphatic heterocycles. The largest absolute Gasteiger partial charge is 0.442 e. The van der Waals surface area contributed by atoms with E-state index < -0.39 is 46.4 Å². The summed E-state index contributed by atoms with van der Waals surface area (Å²) in [5.41, 5.74) is 0. The third-order valence-corrected chi connectivity index (χ3v) is 6.24. The average molecular weight is 483 g/mol. The van der Waals surface area contributed by atoms with Crippen molar-refractivity contribution in [1.82, 2.24) is 10.0 Å². The van der Waals surface area contributed by atoms with E-state index in [1.54, 1.807) is 0 Å². The molecule has 30 heavy (non-hydrogen) atoms. The molecule has 1 fully saturated rings. The topological polar surface area (TPSA) is 84.5 Å². The molecule has 2 rings (SSSR count). The number of nitrogens with one attached hydrogen (secondary N) is 2. The zero-order valence-corrected chi connectivity index (χ0v) is 16.6. The highest BCUT2D eigenvalue weighted by atomic mass is 35.5. The van der Waals surface area contributed by atoms with Gasteiger partial charge < -0.3 is 10.1 Å². The molecule has 0 aliphatic carbocycles. The van der Waals surface area contributed by atoms with Crippen LogP contribution in [0.5, 0.6) is 0 Å². The van der Waals surface area contributed by atoms with Crippen LogP contribution in [-0.2, 0) is 19.6 Å². The number of hydrogen-bond donors (Lipinski definition) is 2. The van der Waals surface area contributed by atoms with Gasteiger partial charge in [0.15, 0.2) is 0 Å². The molecule has 0 aromatic heterocycles. The molecule has 0 spiro atoms. The number of piperidine rings is 1. The molecule has 2 N–H and O–H groups in total. The Morgan fingerprint density at radius 2 is 1.80 bits per heavy atom. The van der Waals surface area contributed by atoms with E-state index in [1.807, 2.05) is 0 Å². The van der Waals surface area contributed by atoms with Gasteiger partial charge in [0.1, 0.15) is 10.9 Å². The number of carbonyl (C=O) groups is 1. The summed E-state index contributed by atoms with van der Waals surface area (Å²) in [6, 6.07) is 4.17. The second-order valence-corrected chi connectivity index (χ2v) is 8.72. The van der Waals surface area contributed by atoms with Crippen LogP contribution in [0.3, 0.4) is 0 Å². The molecule has 1 saturated heterocycles. The van der Waals surface area contributed by atoms with Crippen molar-refractivity contribution < 1.29 is 44.3 Å². The highest BCUT2D eigenvalue weighted by molar-refractivity contribution is 7.89. The molecule has 0 saturated carbocycles. The van der Waals surface area contributed by atoms with Crippen molar-refractivity contribution in [1.29, 1.82) is 0 Å². The van der Waals surface area contributed by atoms with E-state index in [2.05, 4.69) is 14.8 Å². The van der Waals surface area contributed by atoms with Gasteiger partial charge in [0.2, 0.25) is 10.0 Å². The second kappa shape index (κ2) is 9.28. The zero-order chi connectivity index (χ0) is 22.7.